The van der Waals surface area contributed by atoms with Crippen LogP contribution in [0.1, 0.15) is 24.8 Å². The molecule has 0 unspecified atom stereocenters. The van der Waals surface area contributed by atoms with Crippen molar-refractivity contribution in [3.63, 3.8) is 0 Å². The first-order valence-electron chi connectivity index (χ1n) is 6.11. The predicted octanol–water partition coefficient (Wildman–Crippen LogP) is 2.91. The summed E-state index contributed by atoms with van der Waals surface area (Å²) in [6, 6.07) is 9.89. The first kappa shape index (κ1) is 12.6. The highest BCUT2D eigenvalue weighted by atomic mass is 79.9. The highest BCUT2D eigenvalue weighted by Crippen LogP contribution is 2.48. The van der Waals surface area contributed by atoms with Crippen LogP contribution in [0.15, 0.2) is 30.3 Å². The standard InChI is InChI=1S/C14H18BrNO/c15-9-8-14(6-7-14)11-16-13(17)10-12-4-2-1-3-5-12/h1-5H,6-11H2,(H,16,17). The molecule has 0 saturated heterocycles. The summed E-state index contributed by atoms with van der Waals surface area (Å²) in [5.41, 5.74) is 1.48. The molecule has 3 heteroatoms. The summed E-state index contributed by atoms with van der Waals surface area (Å²) >= 11 is 3.47. The van der Waals surface area contributed by atoms with Crippen LogP contribution in [0.3, 0.4) is 0 Å². The molecule has 1 fully saturated rings. The second-order valence-electron chi connectivity index (χ2n) is 4.88. The van der Waals surface area contributed by atoms with Crippen LogP contribution in [0.5, 0.6) is 0 Å². The van der Waals surface area contributed by atoms with Gasteiger partial charge in [0, 0.05) is 11.9 Å². The number of halogens is 1. The van der Waals surface area contributed by atoms with E-state index in [-0.39, 0.29) is 5.91 Å². The summed E-state index contributed by atoms with van der Waals surface area (Å²) in [5.74, 6) is 0.136. The molecule has 1 aliphatic rings. The maximum Gasteiger partial charge on any atom is 0.224 e. The fraction of sp³-hybridized carbons (Fsp3) is 0.500. The topological polar surface area (TPSA) is 29.1 Å². The van der Waals surface area contributed by atoms with Gasteiger partial charge in [0.2, 0.25) is 5.91 Å². The average Bonchev–Trinajstić information content (AvgIpc) is 3.09. The minimum Gasteiger partial charge on any atom is -0.355 e. The smallest absolute Gasteiger partial charge is 0.224 e. The van der Waals surface area contributed by atoms with Gasteiger partial charge in [-0.15, -0.1) is 0 Å². The minimum atomic E-state index is 0.136. The van der Waals surface area contributed by atoms with Crippen LogP contribution in [-0.2, 0) is 11.2 Å². The van der Waals surface area contributed by atoms with Gasteiger partial charge >= 0.3 is 0 Å². The number of benzene rings is 1. The van der Waals surface area contributed by atoms with E-state index in [2.05, 4.69) is 21.2 Å². The predicted molar refractivity (Wildman–Crippen MR) is 73.2 cm³/mol. The van der Waals surface area contributed by atoms with E-state index in [4.69, 9.17) is 0 Å². The summed E-state index contributed by atoms with van der Waals surface area (Å²) < 4.78 is 0. The van der Waals surface area contributed by atoms with E-state index in [0.717, 1.165) is 17.4 Å². The Labute approximate surface area is 111 Å². The Bertz CT molecular complexity index is 373. The lowest BCUT2D eigenvalue weighted by Gasteiger charge is -2.14. The average molecular weight is 296 g/mol. The van der Waals surface area contributed by atoms with Crippen molar-refractivity contribution < 1.29 is 4.79 Å². The molecule has 0 heterocycles. The lowest BCUT2D eigenvalue weighted by atomic mass is 10.0. The number of rotatable bonds is 6. The molecule has 17 heavy (non-hydrogen) atoms. The lowest BCUT2D eigenvalue weighted by molar-refractivity contribution is -0.120. The second-order valence-corrected chi connectivity index (χ2v) is 5.67. The highest BCUT2D eigenvalue weighted by molar-refractivity contribution is 9.09. The van der Waals surface area contributed by atoms with Crippen molar-refractivity contribution in [3.05, 3.63) is 35.9 Å². The van der Waals surface area contributed by atoms with Crippen molar-refractivity contribution in [1.82, 2.24) is 5.32 Å². The van der Waals surface area contributed by atoms with Gasteiger partial charge in [-0.3, -0.25) is 4.79 Å². The summed E-state index contributed by atoms with van der Waals surface area (Å²) in [5, 5.41) is 4.09. The molecule has 0 bridgehead atoms. The quantitative estimate of drug-likeness (QED) is 0.804. The van der Waals surface area contributed by atoms with Gasteiger partial charge in [0.1, 0.15) is 0 Å². The van der Waals surface area contributed by atoms with Crippen LogP contribution >= 0.6 is 15.9 Å². The lowest BCUT2D eigenvalue weighted by Crippen LogP contribution is -2.31. The largest absolute Gasteiger partial charge is 0.355 e. The van der Waals surface area contributed by atoms with Crippen molar-refractivity contribution in [2.24, 2.45) is 5.41 Å². The first-order valence-corrected chi connectivity index (χ1v) is 7.23. The molecule has 1 N–H and O–H groups in total. The molecule has 1 aliphatic carbocycles. The Kier molecular flexibility index (Phi) is 4.21. The van der Waals surface area contributed by atoms with E-state index >= 15 is 0 Å². The molecule has 0 radical (unpaired) electrons. The van der Waals surface area contributed by atoms with E-state index in [1.54, 1.807) is 0 Å². The number of amides is 1. The molecule has 0 atom stereocenters. The maximum absolute atomic E-state index is 11.8. The molecule has 0 aliphatic heterocycles. The number of carbonyl (C=O) groups excluding carboxylic acids is 1. The Morgan fingerprint density at radius 1 is 1.29 bits per heavy atom. The molecular weight excluding hydrogens is 278 g/mol. The highest BCUT2D eigenvalue weighted by Gasteiger charge is 2.41. The third kappa shape index (κ3) is 3.84. The zero-order valence-electron chi connectivity index (χ0n) is 9.92. The van der Waals surface area contributed by atoms with Crippen molar-refractivity contribution in [2.45, 2.75) is 25.7 Å². The van der Waals surface area contributed by atoms with Gasteiger partial charge in [0.05, 0.1) is 6.42 Å². The van der Waals surface area contributed by atoms with Crippen molar-refractivity contribution in [3.8, 4) is 0 Å². The number of hydrogen-bond donors (Lipinski definition) is 1. The summed E-state index contributed by atoms with van der Waals surface area (Å²) in [4.78, 5) is 11.8. The van der Waals surface area contributed by atoms with Crippen molar-refractivity contribution in [2.75, 3.05) is 11.9 Å². The van der Waals surface area contributed by atoms with Gasteiger partial charge < -0.3 is 5.32 Å². The SMILES string of the molecule is O=C(Cc1ccccc1)NCC1(CCBr)CC1. The first-order chi connectivity index (χ1) is 8.24. The molecule has 1 amide bonds. The molecular formula is C14H18BrNO. The van der Waals surface area contributed by atoms with Gasteiger partial charge in [-0.05, 0) is 30.2 Å². The summed E-state index contributed by atoms with van der Waals surface area (Å²) in [6.45, 7) is 0.838. The van der Waals surface area contributed by atoms with Gasteiger partial charge in [-0.1, -0.05) is 46.3 Å². The molecule has 1 saturated carbocycles. The van der Waals surface area contributed by atoms with E-state index < -0.39 is 0 Å². The molecule has 1 aromatic carbocycles. The molecule has 1 aromatic rings. The van der Waals surface area contributed by atoms with E-state index in [0.29, 0.717) is 11.8 Å². The van der Waals surface area contributed by atoms with Crippen LogP contribution in [0.4, 0.5) is 0 Å². The third-order valence-electron chi connectivity index (χ3n) is 3.45. The Morgan fingerprint density at radius 2 is 2.00 bits per heavy atom. The molecule has 0 spiro atoms. The normalized spacial score (nSPS) is 16.5. The molecule has 92 valence electrons. The van der Waals surface area contributed by atoms with Gasteiger partial charge in [-0.2, -0.15) is 0 Å². The maximum atomic E-state index is 11.8. The monoisotopic (exact) mass is 295 g/mol. The van der Waals surface area contributed by atoms with Crippen LogP contribution in [-0.4, -0.2) is 17.8 Å². The van der Waals surface area contributed by atoms with Crippen LogP contribution in [0.25, 0.3) is 0 Å². The van der Waals surface area contributed by atoms with Crippen LogP contribution < -0.4 is 5.32 Å². The van der Waals surface area contributed by atoms with Gasteiger partial charge in [0.25, 0.3) is 0 Å². The van der Waals surface area contributed by atoms with Crippen LogP contribution in [0, 0.1) is 5.41 Å². The third-order valence-corrected chi connectivity index (χ3v) is 3.85. The van der Waals surface area contributed by atoms with E-state index in [9.17, 15) is 4.79 Å². The van der Waals surface area contributed by atoms with Gasteiger partial charge in [-0.25, -0.2) is 0 Å². The Balaban J connectivity index is 1.75. The fourth-order valence-corrected chi connectivity index (χ4v) is 2.86. The summed E-state index contributed by atoms with van der Waals surface area (Å²) in [7, 11) is 0. The number of hydrogen-bond acceptors (Lipinski definition) is 1. The zero-order valence-corrected chi connectivity index (χ0v) is 11.5. The van der Waals surface area contributed by atoms with Crippen molar-refractivity contribution in [1.29, 1.82) is 0 Å². The Hall–Kier alpha value is -0.830. The molecule has 2 nitrogen and oxygen atoms in total. The fourth-order valence-electron chi connectivity index (χ4n) is 2.02. The number of nitrogens with one attached hydrogen (secondary N) is 1. The second kappa shape index (κ2) is 5.67. The van der Waals surface area contributed by atoms with E-state index in [1.807, 2.05) is 30.3 Å². The minimum absolute atomic E-state index is 0.136. The number of alkyl halides is 1. The Morgan fingerprint density at radius 3 is 2.59 bits per heavy atom. The molecule has 0 aromatic heterocycles. The van der Waals surface area contributed by atoms with Crippen LogP contribution in [0.2, 0.25) is 0 Å². The zero-order chi connectivity index (χ0) is 12.1. The van der Waals surface area contributed by atoms with E-state index in [1.165, 1.54) is 19.3 Å². The molecule has 2 rings (SSSR count). The number of carbonyl (C=O) groups is 1. The van der Waals surface area contributed by atoms with Crippen molar-refractivity contribution >= 4 is 21.8 Å². The summed E-state index contributed by atoms with van der Waals surface area (Å²) in [6.07, 6.45) is 4.16. The van der Waals surface area contributed by atoms with Gasteiger partial charge in [0.15, 0.2) is 0 Å².